The second-order valence-electron chi connectivity index (χ2n) is 6.13. The van der Waals surface area contributed by atoms with Gasteiger partial charge in [-0.05, 0) is 0 Å². The molecule has 16 heavy (non-hydrogen) atoms. The van der Waals surface area contributed by atoms with E-state index in [9.17, 15) is 8.78 Å². The average Bonchev–Trinajstić information content (AvgIpc) is 2.46. The molecule has 1 N–H and O–H groups in total. The first-order valence-electron chi connectivity index (χ1n) is 6.26. The Bertz CT molecular complexity index is 241. The van der Waals surface area contributed by atoms with E-state index in [-0.39, 0.29) is 18.5 Å². The van der Waals surface area contributed by atoms with Crippen LogP contribution in [-0.2, 0) is 0 Å². The number of hydrogen-bond acceptors (Lipinski definition) is 1. The predicted octanol–water partition coefficient (Wildman–Crippen LogP) is 3.39. The summed E-state index contributed by atoms with van der Waals surface area (Å²) in [4.78, 5) is 0. The fourth-order valence-electron chi connectivity index (χ4n) is 3.40. The van der Waals surface area contributed by atoms with Crippen LogP contribution in [0.3, 0.4) is 0 Å². The fraction of sp³-hybridized carbons (Fsp3) is 1.00. The predicted molar refractivity (Wildman–Crippen MR) is 70.4 cm³/mol. The third kappa shape index (κ3) is 2.92. The van der Waals surface area contributed by atoms with Gasteiger partial charge in [0.15, 0.2) is 0 Å². The molecule has 4 heteroatoms. The molecule has 0 bridgehead atoms. The molecule has 0 amide bonds. The van der Waals surface area contributed by atoms with E-state index in [1.807, 2.05) is 7.05 Å². The van der Waals surface area contributed by atoms with Crippen LogP contribution in [0.4, 0.5) is 8.78 Å². The Morgan fingerprint density at radius 1 is 1.31 bits per heavy atom. The maximum atomic E-state index is 13.3. The Balaban J connectivity index is 2.77. The normalized spacial score (nSPS) is 28.4. The molecule has 0 radical (unpaired) electrons. The Hall–Kier alpha value is 0.250. The molecular formula is C12H26F2NP. The number of hydrogen-bond donors (Lipinski definition) is 1. The molecule has 1 nitrogen and oxygen atoms in total. The van der Waals surface area contributed by atoms with Gasteiger partial charge in [0, 0.05) is 0 Å². The minimum atomic E-state index is -2.40. The fourth-order valence-corrected chi connectivity index (χ4v) is 8.09. The van der Waals surface area contributed by atoms with Crippen molar-refractivity contribution in [2.45, 2.75) is 50.5 Å². The Morgan fingerprint density at radius 3 is 2.19 bits per heavy atom. The zero-order valence-corrected chi connectivity index (χ0v) is 12.1. The van der Waals surface area contributed by atoms with Crippen molar-refractivity contribution in [3.63, 3.8) is 0 Å². The summed E-state index contributed by atoms with van der Waals surface area (Å²) in [5.41, 5.74) is 0.266. The number of rotatable bonds is 4. The standard InChI is InChI=1S/C12H26F2NP/c1-9(2)11(15-3)16(4,5)10-6-7-12(13,14)8-10/h9-11,15-16H,6-8H2,1-5H3. The Morgan fingerprint density at radius 2 is 1.88 bits per heavy atom. The van der Waals surface area contributed by atoms with Gasteiger partial charge in [0.25, 0.3) is 0 Å². The van der Waals surface area contributed by atoms with Gasteiger partial charge >= 0.3 is 98.1 Å². The summed E-state index contributed by atoms with van der Waals surface area (Å²) < 4.78 is 26.6. The van der Waals surface area contributed by atoms with Crippen LogP contribution in [0.15, 0.2) is 0 Å². The summed E-state index contributed by atoms with van der Waals surface area (Å²) in [6.07, 6.45) is 0.941. The van der Waals surface area contributed by atoms with Gasteiger partial charge in [0.1, 0.15) is 0 Å². The van der Waals surface area contributed by atoms with Crippen LogP contribution in [0.25, 0.3) is 0 Å². The topological polar surface area (TPSA) is 12.0 Å². The molecule has 0 aromatic carbocycles. The van der Waals surface area contributed by atoms with Gasteiger partial charge in [0.05, 0.1) is 0 Å². The summed E-state index contributed by atoms with van der Waals surface area (Å²) in [5, 5.41) is 3.36. The molecule has 1 rings (SSSR count). The molecule has 1 fully saturated rings. The number of alkyl halides is 2. The molecule has 0 spiro atoms. The monoisotopic (exact) mass is 253 g/mol. The van der Waals surface area contributed by atoms with E-state index in [1.165, 1.54) is 0 Å². The van der Waals surface area contributed by atoms with Crippen molar-refractivity contribution in [2.24, 2.45) is 5.92 Å². The summed E-state index contributed by atoms with van der Waals surface area (Å²) in [6.45, 7) is 8.90. The molecule has 2 unspecified atom stereocenters. The molecule has 0 aromatic rings. The van der Waals surface area contributed by atoms with E-state index in [4.69, 9.17) is 0 Å². The third-order valence-corrected chi connectivity index (χ3v) is 9.39. The third-order valence-electron chi connectivity index (χ3n) is 4.24. The van der Waals surface area contributed by atoms with Gasteiger partial charge in [-0.25, -0.2) is 0 Å². The van der Waals surface area contributed by atoms with Crippen molar-refractivity contribution in [2.75, 3.05) is 20.4 Å². The van der Waals surface area contributed by atoms with Gasteiger partial charge in [-0.1, -0.05) is 0 Å². The zero-order chi connectivity index (χ0) is 12.6. The van der Waals surface area contributed by atoms with Crippen LogP contribution in [0, 0.1) is 5.92 Å². The minimum absolute atomic E-state index is 0.0998. The summed E-state index contributed by atoms with van der Waals surface area (Å²) in [7, 11) is 0.322. The van der Waals surface area contributed by atoms with Gasteiger partial charge in [-0.3, -0.25) is 0 Å². The van der Waals surface area contributed by atoms with Crippen molar-refractivity contribution in [1.82, 2.24) is 5.32 Å². The molecule has 98 valence electrons. The van der Waals surface area contributed by atoms with Crippen molar-refractivity contribution >= 4 is 7.26 Å². The molecule has 1 aliphatic carbocycles. The number of halogens is 2. The van der Waals surface area contributed by atoms with E-state index < -0.39 is 13.2 Å². The van der Waals surface area contributed by atoms with E-state index >= 15 is 0 Å². The van der Waals surface area contributed by atoms with E-state index in [0.717, 1.165) is 6.42 Å². The molecule has 1 aliphatic rings. The van der Waals surface area contributed by atoms with Gasteiger partial charge < -0.3 is 0 Å². The van der Waals surface area contributed by atoms with Crippen LogP contribution in [-0.4, -0.2) is 37.7 Å². The number of nitrogens with one attached hydrogen (secondary N) is 1. The first-order chi connectivity index (χ1) is 7.20. The first kappa shape index (κ1) is 14.3. The van der Waals surface area contributed by atoms with Gasteiger partial charge in [0.2, 0.25) is 0 Å². The van der Waals surface area contributed by atoms with Crippen molar-refractivity contribution in [3.05, 3.63) is 0 Å². The van der Waals surface area contributed by atoms with Crippen molar-refractivity contribution < 1.29 is 8.78 Å². The molecule has 0 heterocycles. The van der Waals surface area contributed by atoms with E-state index in [0.29, 0.717) is 11.7 Å². The van der Waals surface area contributed by atoms with E-state index in [1.54, 1.807) is 0 Å². The van der Waals surface area contributed by atoms with Gasteiger partial charge in [-0.15, -0.1) is 0 Å². The molecule has 0 aliphatic heterocycles. The van der Waals surface area contributed by atoms with Crippen LogP contribution in [0.1, 0.15) is 33.1 Å². The quantitative estimate of drug-likeness (QED) is 0.757. The van der Waals surface area contributed by atoms with Gasteiger partial charge in [-0.2, -0.15) is 0 Å². The Labute approximate surface area is 98.7 Å². The second kappa shape index (κ2) is 4.86. The summed E-state index contributed by atoms with van der Waals surface area (Å²) in [6, 6.07) is 0. The second-order valence-corrected chi connectivity index (χ2v) is 11.2. The first-order valence-corrected chi connectivity index (χ1v) is 9.41. The van der Waals surface area contributed by atoms with Crippen molar-refractivity contribution in [1.29, 1.82) is 0 Å². The van der Waals surface area contributed by atoms with Crippen LogP contribution in [0.2, 0.25) is 0 Å². The molecule has 0 saturated heterocycles. The average molecular weight is 253 g/mol. The SMILES string of the molecule is CNC(C(C)C)[PH](C)(C)C1CCC(F)(F)C1. The van der Waals surface area contributed by atoms with Crippen molar-refractivity contribution in [3.8, 4) is 0 Å². The van der Waals surface area contributed by atoms with Crippen LogP contribution < -0.4 is 5.32 Å². The van der Waals surface area contributed by atoms with Crippen LogP contribution >= 0.6 is 7.26 Å². The molecule has 0 aromatic heterocycles. The zero-order valence-electron chi connectivity index (χ0n) is 11.1. The maximum absolute atomic E-state index is 13.3. The van der Waals surface area contributed by atoms with Crippen LogP contribution in [0.5, 0.6) is 0 Å². The Kier molecular flexibility index (Phi) is 4.34. The molecule has 1 saturated carbocycles. The molecular weight excluding hydrogens is 227 g/mol. The summed E-state index contributed by atoms with van der Waals surface area (Å²) in [5.74, 6) is -1.43. The van der Waals surface area contributed by atoms with E-state index in [2.05, 4.69) is 32.5 Å². The summed E-state index contributed by atoms with van der Waals surface area (Å²) >= 11 is 0. The molecule has 2 atom stereocenters.